The standard InChI is InChI=1S/C15H19NO4S/c17-21(18)11-13(12-3-1-2-4-14(12)21)16-7-5-15(6-8-16)19-9-10-20-15/h1-4,13H,5-11H2/p+1/t13-/m1/s1. The van der Waals surface area contributed by atoms with Gasteiger partial charge in [0.1, 0.15) is 11.8 Å². The van der Waals surface area contributed by atoms with Crippen LogP contribution in [0.4, 0.5) is 0 Å². The molecule has 1 atom stereocenters. The minimum Gasteiger partial charge on any atom is -0.347 e. The van der Waals surface area contributed by atoms with Gasteiger partial charge >= 0.3 is 0 Å². The van der Waals surface area contributed by atoms with Crippen LogP contribution in [0.2, 0.25) is 0 Å². The van der Waals surface area contributed by atoms with Crippen molar-refractivity contribution in [3.63, 3.8) is 0 Å². The quantitative estimate of drug-likeness (QED) is 0.789. The molecule has 3 aliphatic rings. The van der Waals surface area contributed by atoms with E-state index in [0.717, 1.165) is 31.5 Å². The van der Waals surface area contributed by atoms with Gasteiger partial charge in [-0.1, -0.05) is 18.2 Å². The molecule has 21 heavy (non-hydrogen) atoms. The summed E-state index contributed by atoms with van der Waals surface area (Å²) in [5, 5.41) is 0. The maximum Gasteiger partial charge on any atom is 0.185 e. The summed E-state index contributed by atoms with van der Waals surface area (Å²) in [7, 11) is -3.11. The lowest BCUT2D eigenvalue weighted by molar-refractivity contribution is -0.936. The second-order valence-electron chi connectivity index (χ2n) is 6.14. The minimum absolute atomic E-state index is 0.0601. The molecule has 0 saturated carbocycles. The average Bonchev–Trinajstić information content (AvgIpc) is 3.04. The van der Waals surface area contributed by atoms with Gasteiger partial charge in [0.15, 0.2) is 15.6 Å². The largest absolute Gasteiger partial charge is 0.347 e. The van der Waals surface area contributed by atoms with Gasteiger partial charge < -0.3 is 14.4 Å². The van der Waals surface area contributed by atoms with Gasteiger partial charge in [0, 0.05) is 5.56 Å². The highest BCUT2D eigenvalue weighted by Crippen LogP contribution is 2.33. The number of hydrogen-bond acceptors (Lipinski definition) is 4. The first-order chi connectivity index (χ1) is 10.1. The third kappa shape index (κ3) is 2.21. The lowest BCUT2D eigenvalue weighted by Gasteiger charge is -2.37. The molecular weight excluding hydrogens is 290 g/mol. The molecule has 0 aliphatic carbocycles. The van der Waals surface area contributed by atoms with Gasteiger partial charge in [-0.2, -0.15) is 0 Å². The van der Waals surface area contributed by atoms with Crippen molar-refractivity contribution in [2.45, 2.75) is 29.6 Å². The first-order valence-electron chi connectivity index (χ1n) is 7.54. The summed E-state index contributed by atoms with van der Waals surface area (Å²) in [6.07, 6.45) is 1.70. The fraction of sp³-hybridized carbons (Fsp3) is 0.600. The van der Waals surface area contributed by atoms with Crippen LogP contribution in [0.25, 0.3) is 0 Å². The maximum absolute atomic E-state index is 12.3. The van der Waals surface area contributed by atoms with Gasteiger partial charge in [-0.3, -0.25) is 0 Å². The van der Waals surface area contributed by atoms with Gasteiger partial charge in [0.05, 0.1) is 44.0 Å². The zero-order valence-electron chi connectivity index (χ0n) is 11.9. The fourth-order valence-electron chi connectivity index (χ4n) is 3.87. The Balaban J connectivity index is 1.56. The van der Waals surface area contributed by atoms with Crippen LogP contribution < -0.4 is 4.90 Å². The van der Waals surface area contributed by atoms with Gasteiger partial charge in [0.25, 0.3) is 0 Å². The van der Waals surface area contributed by atoms with Crippen LogP contribution in [0, 0.1) is 0 Å². The smallest absolute Gasteiger partial charge is 0.185 e. The van der Waals surface area contributed by atoms with Gasteiger partial charge in [-0.25, -0.2) is 8.42 Å². The Labute approximate surface area is 124 Å². The SMILES string of the molecule is O=S1(=O)C[C@@H]([NH+]2CCC3(CC2)OCCO3)c2ccccc21. The zero-order chi connectivity index (χ0) is 14.5. The number of likely N-dealkylation sites (tertiary alicyclic amines) is 1. The molecule has 2 saturated heterocycles. The third-order valence-electron chi connectivity index (χ3n) is 4.98. The van der Waals surface area contributed by atoms with Crippen molar-refractivity contribution in [1.29, 1.82) is 0 Å². The van der Waals surface area contributed by atoms with Crippen LogP contribution in [-0.4, -0.2) is 46.3 Å². The molecule has 0 unspecified atom stereocenters. The Morgan fingerprint density at radius 1 is 1.10 bits per heavy atom. The van der Waals surface area contributed by atoms with Crippen LogP contribution in [0.1, 0.15) is 24.4 Å². The van der Waals surface area contributed by atoms with Gasteiger partial charge in [-0.05, 0) is 6.07 Å². The number of fused-ring (bicyclic) bond motifs is 1. The molecule has 2 fully saturated rings. The number of nitrogens with one attached hydrogen (secondary N) is 1. The molecule has 1 spiro atoms. The Bertz CT molecular complexity index is 641. The molecule has 3 aliphatic heterocycles. The zero-order valence-corrected chi connectivity index (χ0v) is 12.7. The van der Waals surface area contributed by atoms with E-state index in [1.165, 1.54) is 4.90 Å². The summed E-state index contributed by atoms with van der Waals surface area (Å²) in [5.41, 5.74) is 0.983. The lowest BCUT2D eigenvalue weighted by Crippen LogP contribution is -3.14. The predicted molar refractivity (Wildman–Crippen MR) is 75.8 cm³/mol. The third-order valence-corrected chi connectivity index (χ3v) is 6.79. The summed E-state index contributed by atoms with van der Waals surface area (Å²) < 4.78 is 36.1. The van der Waals surface area contributed by atoms with Crippen LogP contribution in [-0.2, 0) is 19.3 Å². The summed E-state index contributed by atoms with van der Waals surface area (Å²) in [6, 6.07) is 7.49. The highest BCUT2D eigenvalue weighted by atomic mass is 32.2. The molecule has 1 aromatic rings. The summed E-state index contributed by atoms with van der Waals surface area (Å²) in [4.78, 5) is 1.87. The van der Waals surface area contributed by atoms with Crippen molar-refractivity contribution in [3.8, 4) is 0 Å². The predicted octanol–water partition coefficient (Wildman–Crippen LogP) is -0.0632. The number of sulfone groups is 1. The van der Waals surface area contributed by atoms with E-state index in [4.69, 9.17) is 9.47 Å². The Hall–Kier alpha value is -0.950. The summed E-state index contributed by atoms with van der Waals surface area (Å²) >= 11 is 0. The van der Waals surface area contributed by atoms with E-state index in [9.17, 15) is 8.42 Å². The molecule has 0 radical (unpaired) electrons. The van der Waals surface area contributed by atoms with Gasteiger partial charge in [0.2, 0.25) is 0 Å². The molecule has 1 aromatic carbocycles. The van der Waals surface area contributed by atoms with Crippen molar-refractivity contribution in [2.24, 2.45) is 0 Å². The second-order valence-corrected chi connectivity index (χ2v) is 8.14. The minimum atomic E-state index is -3.11. The van der Waals surface area contributed by atoms with E-state index in [-0.39, 0.29) is 17.6 Å². The first-order valence-corrected chi connectivity index (χ1v) is 9.19. The average molecular weight is 310 g/mol. The molecule has 3 heterocycles. The van der Waals surface area contributed by atoms with E-state index >= 15 is 0 Å². The Kier molecular flexibility index (Phi) is 3.11. The maximum atomic E-state index is 12.3. The molecular formula is C15H20NO4S+. The Morgan fingerprint density at radius 3 is 2.48 bits per heavy atom. The van der Waals surface area contributed by atoms with Crippen molar-refractivity contribution >= 4 is 9.84 Å². The molecule has 114 valence electrons. The number of ether oxygens (including phenoxy) is 2. The summed E-state index contributed by atoms with van der Waals surface area (Å²) in [6.45, 7) is 3.15. The molecule has 0 amide bonds. The van der Waals surface area contributed by atoms with Crippen molar-refractivity contribution < 1.29 is 22.8 Å². The lowest BCUT2D eigenvalue weighted by atomic mass is 9.99. The van der Waals surface area contributed by atoms with E-state index < -0.39 is 9.84 Å². The molecule has 0 aromatic heterocycles. The number of benzene rings is 1. The van der Waals surface area contributed by atoms with Crippen molar-refractivity contribution in [1.82, 2.24) is 0 Å². The topological polar surface area (TPSA) is 57.0 Å². The van der Waals surface area contributed by atoms with Crippen molar-refractivity contribution in [3.05, 3.63) is 29.8 Å². The fourth-order valence-corrected chi connectivity index (χ4v) is 5.76. The van der Waals surface area contributed by atoms with E-state index in [0.29, 0.717) is 18.1 Å². The van der Waals surface area contributed by atoms with Crippen LogP contribution >= 0.6 is 0 Å². The number of hydrogen-bond donors (Lipinski definition) is 1. The molecule has 5 nitrogen and oxygen atoms in total. The van der Waals surface area contributed by atoms with E-state index in [1.807, 2.05) is 12.1 Å². The normalized spacial score (nSPS) is 30.6. The van der Waals surface area contributed by atoms with E-state index in [1.54, 1.807) is 12.1 Å². The molecule has 6 heteroatoms. The van der Waals surface area contributed by atoms with Crippen molar-refractivity contribution in [2.75, 3.05) is 32.1 Å². The number of quaternary nitrogens is 1. The van der Waals surface area contributed by atoms with Gasteiger partial charge in [-0.15, -0.1) is 0 Å². The van der Waals surface area contributed by atoms with Crippen LogP contribution in [0.3, 0.4) is 0 Å². The summed E-state index contributed by atoms with van der Waals surface area (Å²) in [5.74, 6) is -0.156. The molecule has 1 N–H and O–H groups in total. The molecule has 4 rings (SSSR count). The second kappa shape index (κ2) is 4.78. The van der Waals surface area contributed by atoms with Crippen LogP contribution in [0.15, 0.2) is 29.2 Å². The monoisotopic (exact) mass is 310 g/mol. The highest BCUT2D eigenvalue weighted by Gasteiger charge is 2.47. The first kappa shape index (κ1) is 13.7. The Morgan fingerprint density at radius 2 is 1.76 bits per heavy atom. The highest BCUT2D eigenvalue weighted by molar-refractivity contribution is 7.91. The number of rotatable bonds is 1. The van der Waals surface area contributed by atoms with E-state index in [2.05, 4.69) is 0 Å². The molecule has 0 bridgehead atoms. The van der Waals surface area contributed by atoms with Crippen LogP contribution in [0.5, 0.6) is 0 Å². The number of piperidine rings is 1.